The van der Waals surface area contributed by atoms with Crippen molar-refractivity contribution in [1.29, 1.82) is 0 Å². The highest BCUT2D eigenvalue weighted by atomic mass is 16.3. The summed E-state index contributed by atoms with van der Waals surface area (Å²) in [6.45, 7) is 3.76. The Hall–Kier alpha value is -0.790. The highest BCUT2D eigenvalue weighted by Gasteiger charge is 1.93. The van der Waals surface area contributed by atoms with Crippen molar-refractivity contribution in [3.8, 4) is 0 Å². The van der Waals surface area contributed by atoms with Gasteiger partial charge in [0.1, 0.15) is 5.76 Å². The summed E-state index contributed by atoms with van der Waals surface area (Å²) in [4.78, 5) is 3.82. The summed E-state index contributed by atoms with van der Waals surface area (Å²) >= 11 is 0. The van der Waals surface area contributed by atoms with Crippen LogP contribution in [0.15, 0.2) is 17.0 Å². The molecule has 0 unspecified atom stereocenters. The molecule has 0 N–H and O–H groups in total. The smallest absolute Gasteiger partial charge is 0.180 e. The van der Waals surface area contributed by atoms with Crippen LogP contribution in [0, 0.1) is 6.92 Å². The van der Waals surface area contributed by atoms with Crippen LogP contribution in [0.4, 0.5) is 0 Å². The van der Waals surface area contributed by atoms with Crippen LogP contribution >= 0.6 is 0 Å². The third kappa shape index (κ3) is 2.21. The molecule has 0 spiro atoms. The van der Waals surface area contributed by atoms with Gasteiger partial charge in [0.05, 0.1) is 6.20 Å². The van der Waals surface area contributed by atoms with Crippen LogP contribution in [0.3, 0.4) is 0 Å². The number of hydrogen-bond acceptors (Lipinski definition) is 2. The lowest BCUT2D eigenvalue weighted by atomic mass is 10.2. The first-order chi connectivity index (χ1) is 4.93. The number of aromatic nitrogens is 1. The Morgan fingerprint density at radius 2 is 2.40 bits per heavy atom. The molecule has 0 aromatic carbocycles. The van der Waals surface area contributed by atoms with Crippen molar-refractivity contribution in [2.75, 3.05) is 0 Å². The zero-order chi connectivity index (χ0) is 7.23. The lowest BCUT2D eigenvalue weighted by Gasteiger charge is -1.92. The minimum atomic E-state index is 0.980. The van der Waals surface area contributed by atoms with E-state index in [2.05, 4.69) is 11.9 Å². The lowest BCUT2D eigenvalue weighted by Crippen LogP contribution is -1.80. The van der Waals surface area contributed by atoms with Crippen LogP contribution in [0.1, 0.15) is 25.0 Å². The van der Waals surface area contributed by atoms with E-state index in [1.165, 1.54) is 12.8 Å². The molecular weight excluding hydrogens is 126 g/mol. The van der Waals surface area contributed by atoms with Crippen molar-refractivity contribution in [3.05, 3.63) is 25.3 Å². The van der Waals surface area contributed by atoms with Crippen LogP contribution in [-0.4, -0.2) is 4.98 Å². The summed E-state index contributed by atoms with van der Waals surface area (Å²) in [6.07, 6.45) is 7.56. The standard InChI is InChI=1S/C8H12NO/c1-2-3-4-5-8-6-9-7-10-8/h6-7H,1-5H2. The Morgan fingerprint density at radius 1 is 1.50 bits per heavy atom. The van der Waals surface area contributed by atoms with Crippen LogP contribution < -0.4 is 0 Å². The zero-order valence-corrected chi connectivity index (χ0v) is 6.05. The van der Waals surface area contributed by atoms with Crippen LogP contribution in [0.25, 0.3) is 0 Å². The normalized spacial score (nSPS) is 10.1. The molecule has 0 aliphatic carbocycles. The van der Waals surface area contributed by atoms with E-state index in [0.29, 0.717) is 0 Å². The SMILES string of the molecule is [CH2]CCCCc1cnco1. The first-order valence-electron chi connectivity index (χ1n) is 3.60. The quantitative estimate of drug-likeness (QED) is 0.596. The van der Waals surface area contributed by atoms with Crippen molar-refractivity contribution in [3.63, 3.8) is 0 Å². The van der Waals surface area contributed by atoms with E-state index >= 15 is 0 Å². The molecular formula is C8H12NO. The second kappa shape index (κ2) is 4.09. The van der Waals surface area contributed by atoms with E-state index in [0.717, 1.165) is 25.0 Å². The molecule has 0 amide bonds. The van der Waals surface area contributed by atoms with Gasteiger partial charge in [-0.1, -0.05) is 19.8 Å². The number of nitrogens with zero attached hydrogens (tertiary/aromatic N) is 1. The first kappa shape index (κ1) is 7.32. The molecule has 1 radical (unpaired) electrons. The Labute approximate surface area is 61.3 Å². The molecule has 0 aliphatic rings. The van der Waals surface area contributed by atoms with Gasteiger partial charge in [-0.15, -0.1) is 0 Å². The van der Waals surface area contributed by atoms with Crippen molar-refractivity contribution >= 4 is 0 Å². The fourth-order valence-electron chi connectivity index (χ4n) is 0.842. The molecule has 1 heterocycles. The molecule has 0 saturated carbocycles. The average Bonchev–Trinajstić information content (AvgIpc) is 2.41. The Bertz CT molecular complexity index is 158. The maximum atomic E-state index is 5.05. The van der Waals surface area contributed by atoms with Gasteiger partial charge in [-0.05, 0) is 6.42 Å². The topological polar surface area (TPSA) is 26.0 Å². The van der Waals surface area contributed by atoms with E-state index in [9.17, 15) is 0 Å². The minimum absolute atomic E-state index is 0.980. The van der Waals surface area contributed by atoms with Gasteiger partial charge in [0.2, 0.25) is 0 Å². The van der Waals surface area contributed by atoms with Gasteiger partial charge in [-0.3, -0.25) is 0 Å². The number of oxazole rings is 1. The summed E-state index contributed by atoms with van der Waals surface area (Å²) in [7, 11) is 0. The largest absolute Gasteiger partial charge is 0.449 e. The van der Waals surface area contributed by atoms with E-state index < -0.39 is 0 Å². The Balaban J connectivity index is 2.15. The molecule has 0 fully saturated rings. The maximum absolute atomic E-state index is 5.05. The molecule has 1 rings (SSSR count). The van der Waals surface area contributed by atoms with Gasteiger partial charge >= 0.3 is 0 Å². The third-order valence-corrected chi connectivity index (χ3v) is 1.41. The van der Waals surface area contributed by atoms with Crippen molar-refractivity contribution in [2.45, 2.75) is 25.7 Å². The van der Waals surface area contributed by atoms with Gasteiger partial charge in [0, 0.05) is 6.42 Å². The molecule has 10 heavy (non-hydrogen) atoms. The van der Waals surface area contributed by atoms with Gasteiger partial charge in [-0.25, -0.2) is 4.98 Å². The monoisotopic (exact) mass is 138 g/mol. The molecule has 1 aromatic rings. The molecule has 0 bridgehead atoms. The van der Waals surface area contributed by atoms with E-state index in [4.69, 9.17) is 4.42 Å². The predicted octanol–water partition coefficient (Wildman–Crippen LogP) is 2.22. The molecule has 0 aliphatic heterocycles. The minimum Gasteiger partial charge on any atom is -0.449 e. The van der Waals surface area contributed by atoms with Crippen molar-refractivity contribution in [2.24, 2.45) is 0 Å². The van der Waals surface area contributed by atoms with Gasteiger partial charge in [0.25, 0.3) is 0 Å². The van der Waals surface area contributed by atoms with Crippen LogP contribution in [-0.2, 0) is 6.42 Å². The van der Waals surface area contributed by atoms with Gasteiger partial charge in [0.15, 0.2) is 6.39 Å². The molecule has 55 valence electrons. The van der Waals surface area contributed by atoms with Crippen LogP contribution in [0.5, 0.6) is 0 Å². The number of rotatable bonds is 4. The highest BCUT2D eigenvalue weighted by molar-refractivity contribution is 4.87. The highest BCUT2D eigenvalue weighted by Crippen LogP contribution is 2.04. The Kier molecular flexibility index (Phi) is 3.00. The first-order valence-corrected chi connectivity index (χ1v) is 3.60. The molecule has 2 heteroatoms. The molecule has 1 aromatic heterocycles. The second-order valence-corrected chi connectivity index (χ2v) is 2.28. The number of hydrogen-bond donors (Lipinski definition) is 0. The zero-order valence-electron chi connectivity index (χ0n) is 6.05. The fourth-order valence-corrected chi connectivity index (χ4v) is 0.842. The second-order valence-electron chi connectivity index (χ2n) is 2.28. The van der Waals surface area contributed by atoms with Crippen LogP contribution in [0.2, 0.25) is 0 Å². The average molecular weight is 138 g/mol. The lowest BCUT2D eigenvalue weighted by molar-refractivity contribution is 0.493. The van der Waals surface area contributed by atoms with Crippen molar-refractivity contribution in [1.82, 2.24) is 4.98 Å². The number of aryl methyl sites for hydroxylation is 1. The summed E-state index contributed by atoms with van der Waals surface area (Å²) in [6, 6.07) is 0. The van der Waals surface area contributed by atoms with Crippen molar-refractivity contribution < 1.29 is 4.42 Å². The summed E-state index contributed by atoms with van der Waals surface area (Å²) < 4.78 is 5.05. The van der Waals surface area contributed by atoms with E-state index in [1.54, 1.807) is 6.20 Å². The number of unbranched alkanes of at least 4 members (excludes halogenated alkanes) is 2. The predicted molar refractivity (Wildman–Crippen MR) is 39.4 cm³/mol. The van der Waals surface area contributed by atoms with Gasteiger partial charge in [-0.2, -0.15) is 0 Å². The molecule has 2 nitrogen and oxygen atoms in total. The molecule has 0 atom stereocenters. The summed E-state index contributed by atoms with van der Waals surface area (Å²) in [5.74, 6) is 0.980. The summed E-state index contributed by atoms with van der Waals surface area (Å²) in [5.41, 5.74) is 0. The maximum Gasteiger partial charge on any atom is 0.180 e. The van der Waals surface area contributed by atoms with Gasteiger partial charge < -0.3 is 4.42 Å². The molecule has 0 saturated heterocycles. The van der Waals surface area contributed by atoms with E-state index in [-0.39, 0.29) is 0 Å². The summed E-state index contributed by atoms with van der Waals surface area (Å²) in [5, 5.41) is 0. The Morgan fingerprint density at radius 3 is 3.00 bits per heavy atom. The van der Waals surface area contributed by atoms with E-state index in [1.807, 2.05) is 0 Å². The fraction of sp³-hybridized carbons (Fsp3) is 0.500. The third-order valence-electron chi connectivity index (χ3n) is 1.41.